The van der Waals surface area contributed by atoms with Gasteiger partial charge in [0.2, 0.25) is 11.4 Å². The summed E-state index contributed by atoms with van der Waals surface area (Å²) in [4.78, 5) is -1.30. The summed E-state index contributed by atoms with van der Waals surface area (Å²) >= 11 is 0. The lowest BCUT2D eigenvalue weighted by atomic mass is 9.80. The van der Waals surface area contributed by atoms with Crippen LogP contribution in [0.1, 0.15) is 66.5 Å². The summed E-state index contributed by atoms with van der Waals surface area (Å²) in [6.45, 7) is 18.0. The summed E-state index contributed by atoms with van der Waals surface area (Å²) in [5.74, 6) is 0. The zero-order chi connectivity index (χ0) is 35.9. The Hall–Kier alpha value is -3.53. The number of hydrogen-bond acceptors (Lipinski definition) is 7. The zero-order valence-corrected chi connectivity index (χ0v) is 30.4. The smallest absolute Gasteiger partial charge is 0.295 e. The van der Waals surface area contributed by atoms with E-state index in [0.29, 0.717) is 11.9 Å². The van der Waals surface area contributed by atoms with E-state index < -0.39 is 45.6 Å². The monoisotopic (exact) mass is 715 g/mol. The molecule has 0 aromatic heterocycles. The van der Waals surface area contributed by atoms with Crippen LogP contribution >= 0.6 is 0 Å². The molecule has 14 heteroatoms. The first-order chi connectivity index (χ1) is 22.0. The Morgan fingerprint density at radius 1 is 0.625 bits per heavy atom. The van der Waals surface area contributed by atoms with E-state index in [0.717, 1.165) is 46.0 Å². The minimum Gasteiger partial charge on any atom is -0.744 e. The van der Waals surface area contributed by atoms with E-state index >= 15 is 0 Å². The van der Waals surface area contributed by atoms with Crippen molar-refractivity contribution in [2.75, 3.05) is 13.1 Å². The predicted octanol–water partition coefficient (Wildman–Crippen LogP) is 5.91. The van der Waals surface area contributed by atoms with Crippen molar-refractivity contribution in [3.05, 3.63) is 65.7 Å². The molecule has 0 bridgehead atoms. The molecular weight excluding hydrogens is 677 g/mol. The summed E-state index contributed by atoms with van der Waals surface area (Å²) in [6, 6.07) is 13.9. The minimum atomic E-state index is -4.70. The van der Waals surface area contributed by atoms with E-state index in [1.54, 1.807) is 18.2 Å². The lowest BCUT2D eigenvalue weighted by molar-refractivity contribution is -0.434. The van der Waals surface area contributed by atoms with E-state index in [4.69, 9.17) is 0 Å². The highest BCUT2D eigenvalue weighted by atomic mass is 32.2. The highest BCUT2D eigenvalue weighted by molar-refractivity contribution is 7.87. The number of benzene rings is 4. The van der Waals surface area contributed by atoms with E-state index in [-0.39, 0.29) is 15.7 Å². The van der Waals surface area contributed by atoms with Crippen LogP contribution < -0.4 is 0 Å². The lowest BCUT2D eigenvalue weighted by Gasteiger charge is -2.18. The van der Waals surface area contributed by atoms with E-state index in [2.05, 4.69) is 36.8 Å². The highest BCUT2D eigenvalue weighted by Crippen LogP contribution is 2.46. The SMILES string of the molecule is CC[N+]1=C(C)C(C)(C)c2c1ccc1c(S(=O)(=O)O)cc(S(=O)(=O)O)cc21.CC[N+]1=C(C)C(C)(C)c2c1ccc1cc(S(=O)(=O)[O-])ccc21. The van der Waals surface area contributed by atoms with Crippen LogP contribution in [0, 0.1) is 0 Å². The molecule has 2 N–H and O–H groups in total. The molecule has 0 unspecified atom stereocenters. The van der Waals surface area contributed by atoms with Gasteiger partial charge in [-0.3, -0.25) is 9.11 Å². The Balaban J connectivity index is 0.000000190. The van der Waals surface area contributed by atoms with Gasteiger partial charge < -0.3 is 4.55 Å². The Labute approximate surface area is 281 Å². The average Bonchev–Trinajstić information content (AvgIpc) is 3.31. The van der Waals surface area contributed by atoms with Gasteiger partial charge >= 0.3 is 0 Å². The molecule has 0 saturated carbocycles. The molecule has 2 aliphatic rings. The molecule has 4 aromatic carbocycles. The van der Waals surface area contributed by atoms with Gasteiger partial charge in [0.25, 0.3) is 20.2 Å². The van der Waals surface area contributed by atoms with Gasteiger partial charge in [-0.25, -0.2) is 8.42 Å². The van der Waals surface area contributed by atoms with Gasteiger partial charge in [0.1, 0.15) is 28.1 Å². The maximum Gasteiger partial charge on any atom is 0.295 e. The number of rotatable bonds is 5. The maximum atomic E-state index is 11.8. The van der Waals surface area contributed by atoms with Crippen molar-refractivity contribution in [3.8, 4) is 0 Å². The third-order valence-electron chi connectivity index (χ3n) is 9.97. The predicted molar refractivity (Wildman–Crippen MR) is 184 cm³/mol. The summed E-state index contributed by atoms with van der Waals surface area (Å²) in [5.41, 5.74) is 5.66. The molecule has 48 heavy (non-hydrogen) atoms. The first-order valence-corrected chi connectivity index (χ1v) is 19.6. The van der Waals surface area contributed by atoms with Crippen LogP contribution in [-0.4, -0.2) is 72.6 Å². The molecule has 2 aliphatic heterocycles. The van der Waals surface area contributed by atoms with Crippen molar-refractivity contribution in [2.45, 2.75) is 80.9 Å². The van der Waals surface area contributed by atoms with Gasteiger partial charge in [0.15, 0.2) is 11.4 Å². The van der Waals surface area contributed by atoms with Crippen molar-refractivity contribution in [2.24, 2.45) is 0 Å². The Morgan fingerprint density at radius 3 is 1.56 bits per heavy atom. The standard InChI is InChI=1S/C17H19NO6S2.C17H19NO3S/c1-5-18-10(2)17(3,4)16-13-8-11(25(19,20)21)9-15(26(22,23)24)12(13)6-7-14(16)18;1-5-18-11(2)17(3,4)16-14-8-7-13(22(19,20)21)10-12(14)6-9-15(16)18/h6-9H,5H2,1-4H3,(H-,19,20,21,22,23,24);6-10H,5H2,1-4H3/p+1. The molecule has 6 rings (SSSR count). The van der Waals surface area contributed by atoms with Crippen LogP contribution in [0.3, 0.4) is 0 Å². The molecule has 0 aliphatic carbocycles. The quantitative estimate of drug-likeness (QED) is 0.188. The first-order valence-electron chi connectivity index (χ1n) is 15.3. The summed E-state index contributed by atoms with van der Waals surface area (Å²) in [6.07, 6.45) is 0. The van der Waals surface area contributed by atoms with Crippen molar-refractivity contribution in [3.63, 3.8) is 0 Å². The zero-order valence-electron chi connectivity index (χ0n) is 28.0. The molecule has 0 atom stereocenters. The molecule has 256 valence electrons. The fraction of sp³-hybridized carbons (Fsp3) is 0.353. The Kier molecular flexibility index (Phi) is 8.59. The van der Waals surface area contributed by atoms with Crippen LogP contribution in [0.25, 0.3) is 21.5 Å². The van der Waals surface area contributed by atoms with Crippen LogP contribution in [0.2, 0.25) is 0 Å². The molecule has 0 spiro atoms. The third-order valence-corrected chi connectivity index (χ3v) is 12.5. The van der Waals surface area contributed by atoms with Crippen molar-refractivity contribution in [1.29, 1.82) is 0 Å². The second-order valence-electron chi connectivity index (χ2n) is 13.1. The Bertz CT molecular complexity index is 2460. The lowest BCUT2D eigenvalue weighted by Crippen LogP contribution is -2.26. The normalized spacial score (nSPS) is 17.1. The van der Waals surface area contributed by atoms with E-state index in [1.807, 2.05) is 39.8 Å². The van der Waals surface area contributed by atoms with Crippen molar-refractivity contribution < 1.29 is 48.1 Å². The largest absolute Gasteiger partial charge is 0.744 e. The molecule has 2 heterocycles. The van der Waals surface area contributed by atoms with Gasteiger partial charge in [-0.15, -0.1) is 0 Å². The second-order valence-corrected chi connectivity index (χ2v) is 17.3. The van der Waals surface area contributed by atoms with Gasteiger partial charge in [0, 0.05) is 42.5 Å². The van der Waals surface area contributed by atoms with Gasteiger partial charge in [-0.05, 0) is 94.1 Å². The summed E-state index contributed by atoms with van der Waals surface area (Å²) in [7, 11) is -13.8. The van der Waals surface area contributed by atoms with Gasteiger partial charge in [-0.1, -0.05) is 6.07 Å². The highest BCUT2D eigenvalue weighted by Gasteiger charge is 2.45. The Morgan fingerprint density at radius 2 is 1.10 bits per heavy atom. The summed E-state index contributed by atoms with van der Waals surface area (Å²) in [5, 5.41) is 2.36. The fourth-order valence-electron chi connectivity index (χ4n) is 7.15. The van der Waals surface area contributed by atoms with E-state index in [1.165, 1.54) is 29.5 Å². The van der Waals surface area contributed by atoms with Crippen LogP contribution in [0.5, 0.6) is 0 Å². The van der Waals surface area contributed by atoms with E-state index in [9.17, 15) is 38.9 Å². The molecule has 0 radical (unpaired) electrons. The fourth-order valence-corrected chi connectivity index (χ4v) is 9.00. The third kappa shape index (κ3) is 5.67. The topological polar surface area (TPSA) is 172 Å². The van der Waals surface area contributed by atoms with Crippen LogP contribution in [0.15, 0.2) is 69.3 Å². The number of hydrogen-bond donors (Lipinski definition) is 2. The molecule has 4 aromatic rings. The van der Waals surface area contributed by atoms with Crippen molar-refractivity contribution >= 4 is 74.7 Å². The van der Waals surface area contributed by atoms with Crippen molar-refractivity contribution in [1.82, 2.24) is 0 Å². The molecule has 0 saturated heterocycles. The van der Waals surface area contributed by atoms with Crippen LogP contribution in [0.4, 0.5) is 11.4 Å². The summed E-state index contributed by atoms with van der Waals surface area (Å²) < 4.78 is 104. The van der Waals surface area contributed by atoms with Crippen LogP contribution in [-0.2, 0) is 41.2 Å². The average molecular weight is 716 g/mol. The minimum absolute atomic E-state index is 0.122. The molecule has 0 amide bonds. The molecular formula is C34H39N2O9S3+. The van der Waals surface area contributed by atoms with Gasteiger partial charge in [0.05, 0.1) is 20.6 Å². The second kappa shape index (κ2) is 11.5. The molecule has 11 nitrogen and oxygen atoms in total. The van der Waals surface area contributed by atoms with Gasteiger partial charge in [-0.2, -0.15) is 26.0 Å². The molecule has 0 fully saturated rings. The first kappa shape index (κ1) is 35.8. The maximum absolute atomic E-state index is 11.8. The number of fused-ring (bicyclic) bond motifs is 6. The number of nitrogens with zero attached hydrogens (tertiary/aromatic N) is 2.